The number of aromatic nitrogens is 3. The van der Waals surface area contributed by atoms with E-state index >= 15 is 0 Å². The molecule has 0 radical (unpaired) electrons. The van der Waals surface area contributed by atoms with Crippen LogP contribution in [0.4, 0.5) is 4.79 Å². The minimum absolute atomic E-state index is 0.0911. The van der Waals surface area contributed by atoms with Gasteiger partial charge in [-0.3, -0.25) is 10.1 Å². The molecule has 4 unspecified atom stereocenters. The first-order valence-corrected chi connectivity index (χ1v) is 9.60. The number of carbonyl (C=O) groups is 2. The van der Waals surface area contributed by atoms with E-state index in [1.54, 1.807) is 24.3 Å². The van der Waals surface area contributed by atoms with E-state index in [0.29, 0.717) is 11.3 Å². The first-order chi connectivity index (χ1) is 15.3. The van der Waals surface area contributed by atoms with Gasteiger partial charge in [0.15, 0.2) is 12.1 Å². The quantitative estimate of drug-likeness (QED) is 0.189. The van der Waals surface area contributed by atoms with Crippen LogP contribution in [0, 0.1) is 0 Å². The van der Waals surface area contributed by atoms with Crippen molar-refractivity contribution in [3.05, 3.63) is 42.0 Å². The Balaban J connectivity index is 1.56. The van der Waals surface area contributed by atoms with E-state index in [2.05, 4.69) is 19.9 Å². The summed E-state index contributed by atoms with van der Waals surface area (Å²) >= 11 is 5.52. The van der Waals surface area contributed by atoms with Crippen LogP contribution in [0.1, 0.15) is 24.5 Å². The number of amides is 1. The second-order valence-electron chi connectivity index (χ2n) is 6.65. The minimum Gasteiger partial charge on any atom is -0.444 e. The third-order valence-electron chi connectivity index (χ3n) is 4.36. The Morgan fingerprint density at radius 3 is 2.59 bits per heavy atom. The smallest absolute Gasteiger partial charge is 0.413 e. The topological polar surface area (TPSA) is 178 Å². The first-order valence-electron chi connectivity index (χ1n) is 9.26. The molecule has 1 aromatic heterocycles. The van der Waals surface area contributed by atoms with Gasteiger partial charge in [0.1, 0.15) is 37.0 Å². The van der Waals surface area contributed by atoms with Crippen LogP contribution in [0.5, 0.6) is 5.75 Å². The van der Waals surface area contributed by atoms with Gasteiger partial charge in [-0.1, -0.05) is 12.1 Å². The number of nitrogens with one attached hydrogen (secondary N) is 1. The lowest BCUT2D eigenvalue weighted by Crippen LogP contribution is -2.33. The Hall–Kier alpha value is -3.10. The van der Waals surface area contributed by atoms with Crippen LogP contribution >= 0.6 is 11.8 Å². The van der Waals surface area contributed by atoms with E-state index in [4.69, 9.17) is 26.0 Å². The highest BCUT2D eigenvalue weighted by atomic mass is 35.5. The summed E-state index contributed by atoms with van der Waals surface area (Å²) in [5.41, 5.74) is 0.632. The molecule has 4 N–H and O–H groups in total. The summed E-state index contributed by atoms with van der Waals surface area (Å²) in [5.74, 6) is -0.429. The zero-order valence-corrected chi connectivity index (χ0v) is 17.4. The second kappa shape index (κ2) is 10.5. The number of nitrogens with zero attached hydrogens (tertiary/aromatic N) is 4. The number of hydrogen-bond donors (Lipinski definition) is 4. The lowest BCUT2D eigenvalue weighted by atomic mass is 10.1. The maximum atomic E-state index is 12.1. The average molecular weight is 470 g/mol. The van der Waals surface area contributed by atoms with Crippen molar-refractivity contribution in [1.29, 1.82) is 0 Å². The molecule has 0 saturated carbocycles. The molecule has 32 heavy (non-hydrogen) atoms. The molecule has 1 amide bonds. The third-order valence-corrected chi connectivity index (χ3v) is 4.53. The average Bonchev–Trinajstić information content (AvgIpc) is 3.36. The number of carbonyl (C=O) groups excluding carboxylic acids is 2. The molecule has 0 spiro atoms. The minimum atomic E-state index is -1.36. The number of aliphatic hydroxyl groups excluding tert-OH is 3. The molecule has 0 bridgehead atoms. The maximum Gasteiger partial charge on any atom is 0.413 e. The van der Waals surface area contributed by atoms with Gasteiger partial charge in [0.05, 0.1) is 6.61 Å². The Kier molecular flexibility index (Phi) is 7.71. The zero-order chi connectivity index (χ0) is 23.3. The normalized spacial score (nSPS) is 23.1. The van der Waals surface area contributed by atoms with Gasteiger partial charge in [0, 0.05) is 18.7 Å². The summed E-state index contributed by atoms with van der Waals surface area (Å²) in [6, 6.07) is 6.34. The van der Waals surface area contributed by atoms with Crippen molar-refractivity contribution < 1.29 is 39.1 Å². The second-order valence-corrected chi connectivity index (χ2v) is 6.82. The maximum absolute atomic E-state index is 12.1. The molecule has 3 rings (SSSR count). The first kappa shape index (κ1) is 23.6. The van der Waals surface area contributed by atoms with E-state index in [-0.39, 0.29) is 18.3 Å². The number of ether oxygens (including phenoxy) is 3. The van der Waals surface area contributed by atoms with Crippen LogP contribution < -0.4 is 10.1 Å². The lowest BCUT2D eigenvalue weighted by Gasteiger charge is -2.14. The van der Waals surface area contributed by atoms with Crippen LogP contribution in [0.25, 0.3) is 0 Å². The van der Waals surface area contributed by atoms with Gasteiger partial charge in [-0.25, -0.2) is 14.5 Å². The Labute approximate surface area is 186 Å². The summed E-state index contributed by atoms with van der Waals surface area (Å²) in [6.45, 7) is 0.699. The number of aliphatic hydroxyl groups is 3. The molecular formula is C18H20ClN5O8. The number of alkyl carbamates (subject to hydrolysis) is 1. The fourth-order valence-electron chi connectivity index (χ4n) is 2.82. The van der Waals surface area contributed by atoms with Crippen molar-refractivity contribution in [3.63, 3.8) is 0 Å². The summed E-state index contributed by atoms with van der Waals surface area (Å²) in [6.07, 6.45) is -4.48. The summed E-state index contributed by atoms with van der Waals surface area (Å²) in [7, 11) is 0. The fraction of sp³-hybridized carbons (Fsp3) is 0.389. The predicted molar refractivity (Wildman–Crippen MR) is 106 cm³/mol. The molecule has 1 aromatic carbocycles. The van der Waals surface area contributed by atoms with Crippen molar-refractivity contribution in [3.8, 4) is 5.75 Å². The van der Waals surface area contributed by atoms with Crippen LogP contribution in [-0.4, -0.2) is 72.9 Å². The SMILES string of the molecule is CC(=O)Oc1ccc(COC(=O)NC(=NCl)c2ncn(C3OC(CO)C(O)C3O)n2)cc1. The molecule has 2 heterocycles. The Morgan fingerprint density at radius 2 is 2.00 bits per heavy atom. The Morgan fingerprint density at radius 1 is 1.28 bits per heavy atom. The molecule has 2 aromatic rings. The van der Waals surface area contributed by atoms with Gasteiger partial charge < -0.3 is 29.5 Å². The van der Waals surface area contributed by atoms with Gasteiger partial charge in [0.2, 0.25) is 5.82 Å². The standard InChI is InChI=1S/C18H20ClN5O8/c1-9(26)31-11-4-2-10(3-5-11)7-30-18(29)21-16(22-19)15-20-8-24(23-15)17-14(28)13(27)12(6-25)32-17/h2-5,8,12-14,17,25,27-28H,6-7H2,1H3,(H,21,22,29). The highest BCUT2D eigenvalue weighted by Crippen LogP contribution is 2.28. The molecule has 1 aliphatic rings. The van der Waals surface area contributed by atoms with Gasteiger partial charge in [-0.2, -0.15) is 4.51 Å². The van der Waals surface area contributed by atoms with Gasteiger partial charge in [-0.15, -0.1) is 5.10 Å². The highest BCUT2D eigenvalue weighted by molar-refractivity contribution is 6.23. The van der Waals surface area contributed by atoms with Crippen LogP contribution in [0.3, 0.4) is 0 Å². The molecule has 14 heteroatoms. The van der Waals surface area contributed by atoms with Gasteiger partial charge in [-0.05, 0) is 17.7 Å². The zero-order valence-electron chi connectivity index (χ0n) is 16.7. The molecule has 13 nitrogen and oxygen atoms in total. The van der Waals surface area contributed by atoms with Crippen LogP contribution in [-0.2, 0) is 20.9 Å². The van der Waals surface area contributed by atoms with Crippen molar-refractivity contribution in [2.45, 2.75) is 38.1 Å². The van der Waals surface area contributed by atoms with Crippen LogP contribution in [0.15, 0.2) is 35.1 Å². The lowest BCUT2D eigenvalue weighted by molar-refractivity contribution is -0.131. The number of halogens is 1. The molecule has 1 aliphatic heterocycles. The van der Waals surface area contributed by atoms with Crippen molar-refractivity contribution in [2.24, 2.45) is 4.51 Å². The van der Waals surface area contributed by atoms with Gasteiger partial charge >= 0.3 is 12.1 Å². The van der Waals surface area contributed by atoms with E-state index < -0.39 is 43.2 Å². The molecule has 172 valence electrons. The number of hydrogen-bond acceptors (Lipinski definition) is 11. The summed E-state index contributed by atoms with van der Waals surface area (Å²) in [4.78, 5) is 26.9. The number of rotatable bonds is 6. The largest absolute Gasteiger partial charge is 0.444 e. The fourth-order valence-corrected chi connectivity index (χ4v) is 2.94. The van der Waals surface area contributed by atoms with E-state index in [1.807, 2.05) is 0 Å². The molecular weight excluding hydrogens is 450 g/mol. The van der Waals surface area contributed by atoms with E-state index in [9.17, 15) is 24.9 Å². The third kappa shape index (κ3) is 5.57. The van der Waals surface area contributed by atoms with Crippen molar-refractivity contribution >= 4 is 29.7 Å². The van der Waals surface area contributed by atoms with Crippen molar-refractivity contribution in [1.82, 2.24) is 20.1 Å². The molecule has 1 fully saturated rings. The molecule has 0 aliphatic carbocycles. The van der Waals surface area contributed by atoms with E-state index in [1.165, 1.54) is 13.3 Å². The van der Waals surface area contributed by atoms with Crippen molar-refractivity contribution in [2.75, 3.05) is 6.61 Å². The number of esters is 1. The summed E-state index contributed by atoms with van der Waals surface area (Å²) < 4.78 is 19.8. The molecule has 4 atom stereocenters. The Bertz CT molecular complexity index is 982. The van der Waals surface area contributed by atoms with Gasteiger partial charge in [0.25, 0.3) is 0 Å². The number of benzene rings is 1. The predicted octanol–water partition coefficient (Wildman–Crippen LogP) is -0.358. The van der Waals surface area contributed by atoms with Crippen LogP contribution in [0.2, 0.25) is 0 Å². The summed E-state index contributed by atoms with van der Waals surface area (Å²) in [5, 5.41) is 35.4. The highest BCUT2D eigenvalue weighted by Gasteiger charge is 2.44. The monoisotopic (exact) mass is 469 g/mol. The number of amidine groups is 1. The molecule has 1 saturated heterocycles. The van der Waals surface area contributed by atoms with E-state index in [0.717, 1.165) is 4.68 Å².